The Labute approximate surface area is 133 Å². The van der Waals surface area contributed by atoms with Gasteiger partial charge in [0.2, 0.25) is 0 Å². The van der Waals surface area contributed by atoms with Crippen molar-refractivity contribution in [3.05, 3.63) is 23.3 Å². The topological polar surface area (TPSA) is 41.5 Å². The average molecular weight is 357 g/mol. The Balaban J connectivity index is 2.16. The van der Waals surface area contributed by atoms with Crippen LogP contribution in [0.2, 0.25) is 0 Å². The van der Waals surface area contributed by atoms with E-state index in [0.717, 1.165) is 43.9 Å². The number of thioether (sulfide) groups is 1. The zero-order valence-corrected chi connectivity index (χ0v) is 13.0. The van der Waals surface area contributed by atoms with Crippen LogP contribution in [-0.4, -0.2) is 5.75 Å². The van der Waals surface area contributed by atoms with Crippen molar-refractivity contribution >= 4 is 23.8 Å². The minimum atomic E-state index is -1.60. The fourth-order valence-corrected chi connectivity index (χ4v) is 3.98. The molecule has 0 amide bonds. The smallest absolute Gasteiger partial charge is 0.179 e. The van der Waals surface area contributed by atoms with E-state index >= 15 is 0 Å². The predicted molar refractivity (Wildman–Crippen MR) is 71.6 cm³/mol. The zero-order chi connectivity index (χ0) is 16.1. The lowest BCUT2D eigenvalue weighted by Gasteiger charge is -2.21. The summed E-state index contributed by atoms with van der Waals surface area (Å²) in [7, 11) is 0. The molecule has 1 aromatic rings. The maximum atomic E-state index is 13.9. The summed E-state index contributed by atoms with van der Waals surface area (Å²) in [6.45, 7) is 0. The summed E-state index contributed by atoms with van der Waals surface area (Å²) in [5.74, 6) is -5.50. The van der Waals surface area contributed by atoms with E-state index in [9.17, 15) is 22.8 Å². The highest BCUT2D eigenvalue weighted by Crippen LogP contribution is 2.38. The second-order valence-electron chi connectivity index (χ2n) is 4.95. The van der Waals surface area contributed by atoms with Crippen LogP contribution in [0.25, 0.3) is 0 Å². The molecule has 0 aromatic heterocycles. The molecule has 1 saturated carbocycles. The van der Waals surface area contributed by atoms with Gasteiger partial charge in [-0.05, 0) is 18.8 Å². The number of hydrogen-bond donors (Lipinski definition) is 0. The molecule has 0 N–H and O–H groups in total. The molecule has 3 nitrogen and oxygen atoms in total. The monoisotopic (exact) mass is 357 g/mol. The first kappa shape index (κ1) is 17.9. The molecule has 0 spiro atoms. The molecule has 1 aliphatic carbocycles. The standard InChI is InChI=1S/C13H14F4O3S2/c14-8-10(16)13(22-20-19-18)11(17)9(15)12(8)21-6-7-4-2-1-3-5-7/h7,18H,1-6H2/p-1. The van der Waals surface area contributed by atoms with Gasteiger partial charge < -0.3 is 5.26 Å². The summed E-state index contributed by atoms with van der Waals surface area (Å²) in [6, 6.07) is 0. The van der Waals surface area contributed by atoms with Crippen LogP contribution < -0.4 is 5.26 Å². The highest BCUT2D eigenvalue weighted by molar-refractivity contribution is 7.99. The van der Waals surface area contributed by atoms with E-state index in [1.165, 1.54) is 0 Å². The van der Waals surface area contributed by atoms with Crippen LogP contribution in [0.15, 0.2) is 9.79 Å². The van der Waals surface area contributed by atoms with Gasteiger partial charge in [0.15, 0.2) is 23.3 Å². The van der Waals surface area contributed by atoms with Crippen LogP contribution in [0.3, 0.4) is 0 Å². The molecular weight excluding hydrogens is 344 g/mol. The Morgan fingerprint density at radius 3 is 2.00 bits per heavy atom. The molecule has 0 aliphatic heterocycles. The summed E-state index contributed by atoms with van der Waals surface area (Å²) in [6.07, 6.45) is 5.15. The van der Waals surface area contributed by atoms with Crippen molar-refractivity contribution in [2.75, 3.05) is 5.75 Å². The second kappa shape index (κ2) is 8.39. The van der Waals surface area contributed by atoms with E-state index in [4.69, 9.17) is 0 Å². The van der Waals surface area contributed by atoms with Gasteiger partial charge in [-0.2, -0.15) is 4.33 Å². The molecule has 0 heterocycles. The summed E-state index contributed by atoms with van der Waals surface area (Å²) in [4.78, 5) is -1.78. The van der Waals surface area contributed by atoms with Gasteiger partial charge >= 0.3 is 0 Å². The summed E-state index contributed by atoms with van der Waals surface area (Å²) in [5.41, 5.74) is 0. The van der Waals surface area contributed by atoms with Crippen LogP contribution in [0.1, 0.15) is 32.1 Å². The maximum Gasteiger partial charge on any atom is 0.179 e. The lowest BCUT2D eigenvalue weighted by Crippen LogP contribution is -2.10. The molecule has 22 heavy (non-hydrogen) atoms. The summed E-state index contributed by atoms with van der Waals surface area (Å²) < 4.78 is 59.0. The van der Waals surface area contributed by atoms with Crippen molar-refractivity contribution in [1.82, 2.24) is 0 Å². The van der Waals surface area contributed by atoms with Crippen molar-refractivity contribution in [3.8, 4) is 0 Å². The van der Waals surface area contributed by atoms with Crippen molar-refractivity contribution in [3.63, 3.8) is 0 Å². The molecule has 9 heteroatoms. The lowest BCUT2D eigenvalue weighted by molar-refractivity contribution is -0.777. The van der Waals surface area contributed by atoms with Gasteiger partial charge in [0, 0.05) is 5.75 Å². The third-order valence-electron chi connectivity index (χ3n) is 3.52. The molecular formula is C13H13F4O3S2-. The van der Waals surface area contributed by atoms with Crippen LogP contribution in [0.5, 0.6) is 0 Å². The zero-order valence-electron chi connectivity index (χ0n) is 11.4. The molecule has 124 valence electrons. The molecule has 0 bridgehead atoms. The molecule has 0 saturated heterocycles. The van der Waals surface area contributed by atoms with E-state index in [1.807, 2.05) is 0 Å². The predicted octanol–water partition coefficient (Wildman–Crippen LogP) is 4.15. The van der Waals surface area contributed by atoms with Crippen molar-refractivity contribution in [2.45, 2.75) is 41.9 Å². The summed E-state index contributed by atoms with van der Waals surface area (Å²) >= 11 is 0.551. The van der Waals surface area contributed by atoms with E-state index in [-0.39, 0.29) is 18.0 Å². The van der Waals surface area contributed by atoms with Crippen molar-refractivity contribution < 1.29 is 32.2 Å². The van der Waals surface area contributed by atoms with Gasteiger partial charge in [0.05, 0.1) is 16.9 Å². The van der Waals surface area contributed by atoms with Crippen LogP contribution in [-0.2, 0) is 9.37 Å². The third kappa shape index (κ3) is 4.08. The first-order valence-corrected chi connectivity index (χ1v) is 8.40. The van der Waals surface area contributed by atoms with E-state index in [0.29, 0.717) is 5.75 Å². The third-order valence-corrected chi connectivity index (χ3v) is 5.45. The minimum absolute atomic E-state index is 0.217. The minimum Gasteiger partial charge on any atom is -0.691 e. The highest BCUT2D eigenvalue weighted by atomic mass is 32.2. The van der Waals surface area contributed by atoms with Gasteiger partial charge in [-0.3, -0.25) is 5.04 Å². The molecule has 2 rings (SSSR count). The fraction of sp³-hybridized carbons (Fsp3) is 0.538. The Hall–Kier alpha value is -0.480. The van der Waals surface area contributed by atoms with Gasteiger partial charge in [-0.15, -0.1) is 11.8 Å². The maximum absolute atomic E-state index is 13.9. The highest BCUT2D eigenvalue weighted by Gasteiger charge is 2.27. The molecule has 1 fully saturated rings. The van der Waals surface area contributed by atoms with E-state index < -0.39 is 33.1 Å². The fourth-order valence-electron chi connectivity index (χ4n) is 2.39. The quantitative estimate of drug-likeness (QED) is 0.191. The second-order valence-corrected chi connectivity index (χ2v) is 6.69. The number of hydrogen-bond acceptors (Lipinski definition) is 5. The molecule has 1 aliphatic rings. The van der Waals surface area contributed by atoms with Gasteiger partial charge in [0.25, 0.3) is 0 Å². The normalized spacial score (nSPS) is 16.2. The van der Waals surface area contributed by atoms with Gasteiger partial charge in [-0.25, -0.2) is 17.6 Å². The van der Waals surface area contributed by atoms with Crippen LogP contribution >= 0.6 is 23.8 Å². The SMILES string of the molecule is [O-]OOSc1c(F)c(F)c(SCC2CCCCC2)c(F)c1F. The number of benzene rings is 1. The van der Waals surface area contributed by atoms with Crippen molar-refractivity contribution in [2.24, 2.45) is 5.92 Å². The Bertz CT molecular complexity index is 495. The first-order valence-electron chi connectivity index (χ1n) is 6.68. The van der Waals surface area contributed by atoms with E-state index in [2.05, 4.69) is 9.37 Å². The van der Waals surface area contributed by atoms with Gasteiger partial charge in [-0.1, -0.05) is 19.3 Å². The Morgan fingerprint density at radius 1 is 0.909 bits per heavy atom. The largest absolute Gasteiger partial charge is 0.691 e. The molecule has 0 unspecified atom stereocenters. The van der Waals surface area contributed by atoms with Crippen LogP contribution in [0, 0.1) is 29.2 Å². The molecule has 1 aromatic carbocycles. The van der Waals surface area contributed by atoms with Gasteiger partial charge in [0.1, 0.15) is 4.90 Å². The Morgan fingerprint density at radius 2 is 1.45 bits per heavy atom. The van der Waals surface area contributed by atoms with Crippen molar-refractivity contribution in [1.29, 1.82) is 0 Å². The average Bonchev–Trinajstić information content (AvgIpc) is 2.54. The first-order chi connectivity index (χ1) is 10.6. The molecule has 0 atom stereocenters. The Kier molecular flexibility index (Phi) is 6.82. The summed E-state index contributed by atoms with van der Waals surface area (Å²) in [5, 5.41) is 12.6. The lowest BCUT2D eigenvalue weighted by atomic mass is 9.91. The molecule has 0 radical (unpaired) electrons. The number of halogens is 4. The van der Waals surface area contributed by atoms with E-state index in [1.54, 1.807) is 0 Å². The van der Waals surface area contributed by atoms with Crippen LogP contribution in [0.4, 0.5) is 17.6 Å². The number of rotatable bonds is 6.